The van der Waals surface area contributed by atoms with Crippen molar-refractivity contribution in [3.63, 3.8) is 0 Å². The van der Waals surface area contributed by atoms with Crippen LogP contribution in [0, 0.1) is 0 Å². The van der Waals surface area contributed by atoms with E-state index in [1.165, 1.54) is 0 Å². The summed E-state index contributed by atoms with van der Waals surface area (Å²) in [6.07, 6.45) is 6.74. The van der Waals surface area contributed by atoms with Crippen LogP contribution < -0.4 is 4.90 Å². The molecule has 1 N–H and O–H groups in total. The molecule has 0 saturated heterocycles. The second kappa shape index (κ2) is 5.87. The van der Waals surface area contributed by atoms with Gasteiger partial charge in [-0.05, 0) is 43.7 Å². The molecule has 0 saturated carbocycles. The predicted molar refractivity (Wildman–Crippen MR) is 75.9 cm³/mol. The molecule has 0 unspecified atom stereocenters. The van der Waals surface area contributed by atoms with E-state index < -0.39 is 5.97 Å². The van der Waals surface area contributed by atoms with Crippen molar-refractivity contribution >= 4 is 11.8 Å². The summed E-state index contributed by atoms with van der Waals surface area (Å²) in [7, 11) is 1.90. The van der Waals surface area contributed by atoms with Gasteiger partial charge in [-0.3, -0.25) is 0 Å². The van der Waals surface area contributed by atoms with E-state index in [0.717, 1.165) is 49.9 Å². The zero-order chi connectivity index (χ0) is 13.8. The second-order valence-corrected chi connectivity index (χ2v) is 4.98. The molecule has 0 bridgehead atoms. The van der Waals surface area contributed by atoms with E-state index in [0.29, 0.717) is 11.4 Å². The number of aromatic carboxylic acids is 1. The van der Waals surface area contributed by atoms with E-state index in [1.807, 2.05) is 18.0 Å². The number of aromatic nitrogens is 1. The van der Waals surface area contributed by atoms with Crippen LogP contribution in [0.25, 0.3) is 0 Å². The fourth-order valence-corrected chi connectivity index (χ4v) is 2.49. The van der Waals surface area contributed by atoms with Crippen LogP contribution in [0.3, 0.4) is 0 Å². The van der Waals surface area contributed by atoms with Crippen molar-refractivity contribution in [2.24, 2.45) is 0 Å². The van der Waals surface area contributed by atoms with Gasteiger partial charge in [-0.2, -0.15) is 0 Å². The van der Waals surface area contributed by atoms with Gasteiger partial charge in [0.1, 0.15) is 11.4 Å². The summed E-state index contributed by atoms with van der Waals surface area (Å²) >= 11 is 0. The molecule has 0 aliphatic heterocycles. The number of carbonyl (C=O) groups is 1. The predicted octanol–water partition coefficient (Wildman–Crippen LogP) is 2.67. The van der Waals surface area contributed by atoms with E-state index >= 15 is 0 Å². The summed E-state index contributed by atoms with van der Waals surface area (Å²) in [6.45, 7) is 4.48. The zero-order valence-corrected chi connectivity index (χ0v) is 11.4. The van der Waals surface area contributed by atoms with Crippen molar-refractivity contribution in [1.82, 2.24) is 4.98 Å². The minimum atomic E-state index is -0.896. The lowest BCUT2D eigenvalue weighted by Crippen LogP contribution is -2.23. The smallest absolute Gasteiger partial charge is 0.339 e. The van der Waals surface area contributed by atoms with Crippen molar-refractivity contribution in [2.75, 3.05) is 18.5 Å². The number of allylic oxidation sites excluding steroid dienone is 1. The summed E-state index contributed by atoms with van der Waals surface area (Å²) in [4.78, 5) is 17.9. The Hall–Kier alpha value is -1.84. The zero-order valence-electron chi connectivity index (χ0n) is 11.4. The average molecular weight is 260 g/mol. The van der Waals surface area contributed by atoms with Crippen LogP contribution in [-0.4, -0.2) is 29.7 Å². The van der Waals surface area contributed by atoms with E-state index in [2.05, 4.69) is 11.6 Å². The summed E-state index contributed by atoms with van der Waals surface area (Å²) < 4.78 is 0. The van der Waals surface area contributed by atoms with Crippen molar-refractivity contribution in [1.29, 1.82) is 0 Å². The van der Waals surface area contributed by atoms with Gasteiger partial charge >= 0.3 is 5.97 Å². The largest absolute Gasteiger partial charge is 0.478 e. The van der Waals surface area contributed by atoms with Crippen molar-refractivity contribution < 1.29 is 9.90 Å². The van der Waals surface area contributed by atoms with Gasteiger partial charge in [-0.15, -0.1) is 6.58 Å². The molecule has 0 radical (unpaired) electrons. The molecule has 1 aliphatic rings. The molecular formula is C15H20N2O2. The van der Waals surface area contributed by atoms with Gasteiger partial charge in [0.05, 0.1) is 0 Å². The minimum absolute atomic E-state index is 0.321. The van der Waals surface area contributed by atoms with E-state index in [1.54, 1.807) is 6.07 Å². The highest BCUT2D eigenvalue weighted by atomic mass is 16.4. The first-order chi connectivity index (χ1) is 9.13. The van der Waals surface area contributed by atoms with Gasteiger partial charge in [0.25, 0.3) is 0 Å². The topological polar surface area (TPSA) is 53.4 Å². The van der Waals surface area contributed by atoms with Crippen LogP contribution in [0.1, 0.15) is 40.9 Å². The molecule has 0 spiro atoms. The molecule has 4 nitrogen and oxygen atoms in total. The van der Waals surface area contributed by atoms with Crippen molar-refractivity contribution in [2.45, 2.75) is 32.1 Å². The number of carboxylic acid groups (broad SMARTS) is 1. The number of rotatable bonds is 6. The van der Waals surface area contributed by atoms with Gasteiger partial charge in [0, 0.05) is 19.3 Å². The Balaban J connectivity index is 2.27. The van der Waals surface area contributed by atoms with Crippen LogP contribution in [0.15, 0.2) is 18.7 Å². The number of anilines is 1. The lowest BCUT2D eigenvalue weighted by atomic mass is 10.1. The third-order valence-electron chi connectivity index (χ3n) is 3.52. The number of nitrogens with zero attached hydrogens (tertiary/aromatic N) is 2. The maximum atomic E-state index is 11.4. The molecule has 19 heavy (non-hydrogen) atoms. The van der Waals surface area contributed by atoms with Crippen LogP contribution in [0.5, 0.6) is 0 Å². The first-order valence-electron chi connectivity index (χ1n) is 6.71. The molecule has 0 atom stereocenters. The van der Waals surface area contributed by atoms with E-state index in [-0.39, 0.29) is 0 Å². The molecule has 1 aliphatic carbocycles. The Morgan fingerprint density at radius 3 is 3.05 bits per heavy atom. The first kappa shape index (κ1) is 13.6. The Bertz CT molecular complexity index is 497. The van der Waals surface area contributed by atoms with Crippen LogP contribution in [0.2, 0.25) is 0 Å². The number of hydrogen-bond donors (Lipinski definition) is 1. The normalized spacial score (nSPS) is 13.1. The SMILES string of the molecule is C=CCCCN(C)c1nc2c(cc1C(=O)O)CCC2. The number of pyridine rings is 1. The molecule has 1 heterocycles. The number of fused-ring (bicyclic) bond motifs is 1. The Labute approximate surface area is 113 Å². The summed E-state index contributed by atoms with van der Waals surface area (Å²) in [5.74, 6) is -0.301. The number of unbranched alkanes of at least 4 members (excludes halogenated alkanes) is 1. The molecule has 0 fully saturated rings. The Morgan fingerprint density at radius 1 is 1.58 bits per heavy atom. The standard InChI is InChI=1S/C15H20N2O2/c1-3-4-5-9-17(2)14-12(15(18)19)10-11-7-6-8-13(11)16-14/h3,10H,1,4-9H2,2H3,(H,18,19). The Kier molecular flexibility index (Phi) is 4.20. The number of hydrogen-bond acceptors (Lipinski definition) is 3. The van der Waals surface area contributed by atoms with Crippen molar-refractivity contribution in [3.8, 4) is 0 Å². The molecule has 2 rings (SSSR count). The van der Waals surface area contributed by atoms with E-state index in [4.69, 9.17) is 0 Å². The summed E-state index contributed by atoms with van der Waals surface area (Å²) in [5.41, 5.74) is 2.48. The molecule has 1 aromatic heterocycles. The van der Waals surface area contributed by atoms with Crippen LogP contribution >= 0.6 is 0 Å². The summed E-state index contributed by atoms with van der Waals surface area (Å²) in [6, 6.07) is 1.80. The molecular weight excluding hydrogens is 240 g/mol. The first-order valence-corrected chi connectivity index (χ1v) is 6.71. The van der Waals surface area contributed by atoms with E-state index in [9.17, 15) is 9.90 Å². The highest BCUT2D eigenvalue weighted by molar-refractivity contribution is 5.93. The monoisotopic (exact) mass is 260 g/mol. The summed E-state index contributed by atoms with van der Waals surface area (Å²) in [5, 5.41) is 9.33. The lowest BCUT2D eigenvalue weighted by molar-refractivity contribution is 0.0697. The molecule has 1 aromatic rings. The average Bonchev–Trinajstić information content (AvgIpc) is 2.84. The third-order valence-corrected chi connectivity index (χ3v) is 3.52. The van der Waals surface area contributed by atoms with Crippen LogP contribution in [0.4, 0.5) is 5.82 Å². The lowest BCUT2D eigenvalue weighted by Gasteiger charge is -2.20. The second-order valence-electron chi connectivity index (χ2n) is 4.98. The molecule has 4 heteroatoms. The third kappa shape index (κ3) is 2.95. The quantitative estimate of drug-likeness (QED) is 0.631. The van der Waals surface area contributed by atoms with Crippen molar-refractivity contribution in [3.05, 3.63) is 35.5 Å². The van der Waals surface area contributed by atoms with Gasteiger partial charge in [0.15, 0.2) is 0 Å². The van der Waals surface area contributed by atoms with Gasteiger partial charge in [-0.25, -0.2) is 9.78 Å². The minimum Gasteiger partial charge on any atom is -0.478 e. The number of carboxylic acids is 1. The fraction of sp³-hybridized carbons (Fsp3) is 0.467. The highest BCUT2D eigenvalue weighted by Crippen LogP contribution is 2.27. The molecule has 102 valence electrons. The van der Waals surface area contributed by atoms with Crippen LogP contribution in [-0.2, 0) is 12.8 Å². The fourth-order valence-electron chi connectivity index (χ4n) is 2.49. The highest BCUT2D eigenvalue weighted by Gasteiger charge is 2.21. The van der Waals surface area contributed by atoms with Gasteiger partial charge in [-0.1, -0.05) is 6.08 Å². The molecule has 0 amide bonds. The maximum absolute atomic E-state index is 11.4. The maximum Gasteiger partial charge on any atom is 0.339 e. The van der Waals surface area contributed by atoms with Gasteiger partial charge in [0.2, 0.25) is 0 Å². The van der Waals surface area contributed by atoms with Gasteiger partial charge < -0.3 is 10.0 Å². The number of aryl methyl sites for hydroxylation is 2. The molecule has 0 aromatic carbocycles. The Morgan fingerprint density at radius 2 is 2.37 bits per heavy atom.